The highest BCUT2D eigenvalue weighted by Crippen LogP contribution is 2.31. The Balaban J connectivity index is 1.69. The van der Waals surface area contributed by atoms with Crippen molar-refractivity contribution in [2.75, 3.05) is 5.32 Å². The number of H-pyrrole nitrogens is 1. The smallest absolute Gasteiger partial charge is 0.156 e. The largest absolute Gasteiger partial charge is 0.364 e. The van der Waals surface area contributed by atoms with Gasteiger partial charge in [0.25, 0.3) is 0 Å². The molecule has 0 atom stereocenters. The molecule has 0 amide bonds. The van der Waals surface area contributed by atoms with Gasteiger partial charge >= 0.3 is 0 Å². The van der Waals surface area contributed by atoms with Crippen LogP contribution in [0.2, 0.25) is 0 Å². The molecule has 2 aliphatic rings. The quantitative estimate of drug-likeness (QED) is 0.565. The summed E-state index contributed by atoms with van der Waals surface area (Å²) >= 11 is 0. The number of nitrogens with one attached hydrogen (secondary N) is 2. The van der Waals surface area contributed by atoms with Crippen LogP contribution in [-0.2, 0) is 6.54 Å². The van der Waals surface area contributed by atoms with E-state index in [0.29, 0.717) is 0 Å². The molecule has 0 spiro atoms. The fourth-order valence-electron chi connectivity index (χ4n) is 3.00. The number of aromatic nitrogens is 3. The summed E-state index contributed by atoms with van der Waals surface area (Å²) in [5.74, 6) is 1.68. The van der Waals surface area contributed by atoms with Gasteiger partial charge in [-0.3, -0.25) is 0 Å². The van der Waals surface area contributed by atoms with Crippen LogP contribution in [0.4, 0.5) is 5.82 Å². The molecule has 4 rings (SSSR count). The first kappa shape index (κ1) is 15.4. The van der Waals surface area contributed by atoms with Crippen LogP contribution in [0.25, 0.3) is 22.6 Å². The zero-order chi connectivity index (χ0) is 17.2. The maximum Gasteiger partial charge on any atom is 0.156 e. The number of aryl methyl sites for hydroxylation is 2. The lowest BCUT2D eigenvalue weighted by Crippen LogP contribution is -2.07. The van der Waals surface area contributed by atoms with E-state index in [2.05, 4.69) is 64.7 Å². The summed E-state index contributed by atoms with van der Waals surface area (Å²) in [4.78, 5) is 12.7. The van der Waals surface area contributed by atoms with Crippen LogP contribution in [0.15, 0.2) is 60.7 Å². The topological polar surface area (TPSA) is 53.6 Å². The molecule has 2 aliphatic heterocycles. The van der Waals surface area contributed by atoms with Crippen molar-refractivity contribution in [1.82, 2.24) is 15.0 Å². The van der Waals surface area contributed by atoms with Gasteiger partial charge in [-0.05, 0) is 31.0 Å². The first-order valence-corrected chi connectivity index (χ1v) is 8.42. The minimum atomic E-state index is 0.728. The lowest BCUT2D eigenvalue weighted by atomic mass is 10.1. The average Bonchev–Trinajstić information content (AvgIpc) is 3.05. The van der Waals surface area contributed by atoms with Crippen LogP contribution in [0.5, 0.6) is 0 Å². The number of anilines is 1. The monoisotopic (exact) mass is 328 g/mol. The molecule has 0 radical (unpaired) electrons. The summed E-state index contributed by atoms with van der Waals surface area (Å²) in [6, 6.07) is 20.7. The molecule has 0 aromatic heterocycles. The van der Waals surface area contributed by atoms with Crippen LogP contribution in [0, 0.1) is 13.8 Å². The molecule has 25 heavy (non-hydrogen) atoms. The molecule has 2 aromatic carbocycles. The summed E-state index contributed by atoms with van der Waals surface area (Å²) in [5.41, 5.74) is 6.47. The fraction of sp³-hybridized carbons (Fsp3) is 0.143. The Morgan fingerprint density at radius 1 is 0.920 bits per heavy atom. The molecular weight excluding hydrogens is 308 g/mol. The number of hydrogen-bond acceptors (Lipinski definition) is 3. The van der Waals surface area contributed by atoms with E-state index in [1.165, 1.54) is 11.1 Å². The molecule has 0 saturated heterocycles. The third kappa shape index (κ3) is 3.11. The van der Waals surface area contributed by atoms with Gasteiger partial charge in [0, 0.05) is 12.1 Å². The van der Waals surface area contributed by atoms with E-state index in [1.54, 1.807) is 0 Å². The van der Waals surface area contributed by atoms with E-state index in [4.69, 9.17) is 4.98 Å². The summed E-state index contributed by atoms with van der Waals surface area (Å²) in [7, 11) is 0. The van der Waals surface area contributed by atoms with Crippen molar-refractivity contribution in [3.63, 3.8) is 0 Å². The highest BCUT2D eigenvalue weighted by atomic mass is 15.1. The zero-order valence-corrected chi connectivity index (χ0v) is 14.4. The first-order chi connectivity index (χ1) is 12.2. The molecule has 2 aromatic rings. The lowest BCUT2D eigenvalue weighted by molar-refractivity contribution is 1.01. The van der Waals surface area contributed by atoms with Gasteiger partial charge in [-0.15, -0.1) is 0 Å². The standard InChI is InChI=1S/C21H20N4/c1-14-8-6-7-11-17(14)13-22-21-20-19(23-15(2)24-21)12-18(25-20)16-9-4-3-5-10-16/h3-12,22H,13H2,1-2H3,(H,23,24). The van der Waals surface area contributed by atoms with Gasteiger partial charge < -0.3 is 10.3 Å². The van der Waals surface area contributed by atoms with Crippen molar-refractivity contribution in [2.24, 2.45) is 0 Å². The number of rotatable bonds is 4. The molecule has 2 N–H and O–H groups in total. The Morgan fingerprint density at radius 3 is 2.48 bits per heavy atom. The normalized spacial score (nSPS) is 11.0. The number of benzene rings is 2. The molecule has 2 heterocycles. The minimum Gasteiger partial charge on any atom is -0.364 e. The molecule has 0 unspecified atom stereocenters. The van der Waals surface area contributed by atoms with Crippen molar-refractivity contribution in [3.8, 4) is 22.6 Å². The molecular formula is C21H20N4. The minimum absolute atomic E-state index is 0.728. The van der Waals surface area contributed by atoms with Crippen LogP contribution in [0.1, 0.15) is 17.0 Å². The number of aromatic amines is 1. The van der Waals surface area contributed by atoms with Crippen LogP contribution in [0.3, 0.4) is 0 Å². The highest BCUT2D eigenvalue weighted by Gasteiger charge is 2.17. The SMILES string of the molecule is Cc1nc(NCc2ccccc2C)c2nc(-c3ccccc3)cc-2[nH]1. The Bertz CT molecular complexity index is 972. The third-order valence-electron chi connectivity index (χ3n) is 4.36. The second-order valence-corrected chi connectivity index (χ2v) is 6.22. The number of nitrogens with zero attached hydrogens (tertiary/aromatic N) is 2. The summed E-state index contributed by atoms with van der Waals surface area (Å²) in [6.45, 7) is 4.82. The van der Waals surface area contributed by atoms with E-state index >= 15 is 0 Å². The Kier molecular flexibility index (Phi) is 3.94. The maximum absolute atomic E-state index is 4.80. The predicted molar refractivity (Wildman–Crippen MR) is 102 cm³/mol. The van der Waals surface area contributed by atoms with Crippen molar-refractivity contribution in [2.45, 2.75) is 20.4 Å². The Morgan fingerprint density at radius 2 is 1.68 bits per heavy atom. The molecule has 0 bridgehead atoms. The summed E-state index contributed by atoms with van der Waals surface area (Å²) < 4.78 is 0. The van der Waals surface area contributed by atoms with E-state index in [1.807, 2.05) is 25.1 Å². The van der Waals surface area contributed by atoms with E-state index in [-0.39, 0.29) is 0 Å². The van der Waals surface area contributed by atoms with Gasteiger partial charge in [0.1, 0.15) is 11.5 Å². The van der Waals surface area contributed by atoms with Gasteiger partial charge in [-0.2, -0.15) is 0 Å². The molecule has 0 saturated carbocycles. The number of fused-ring (bicyclic) bond motifs is 1. The summed E-state index contributed by atoms with van der Waals surface area (Å²) in [5, 5.41) is 3.46. The average molecular weight is 328 g/mol. The van der Waals surface area contributed by atoms with Gasteiger partial charge in [0.15, 0.2) is 5.82 Å². The molecule has 124 valence electrons. The van der Waals surface area contributed by atoms with Crippen LogP contribution in [-0.4, -0.2) is 15.0 Å². The second-order valence-electron chi connectivity index (χ2n) is 6.22. The van der Waals surface area contributed by atoms with Crippen molar-refractivity contribution in [3.05, 3.63) is 77.6 Å². The number of hydrogen-bond donors (Lipinski definition) is 2. The first-order valence-electron chi connectivity index (χ1n) is 8.42. The van der Waals surface area contributed by atoms with Crippen molar-refractivity contribution < 1.29 is 0 Å². The van der Waals surface area contributed by atoms with Crippen LogP contribution < -0.4 is 5.32 Å². The van der Waals surface area contributed by atoms with E-state index in [9.17, 15) is 0 Å². The highest BCUT2D eigenvalue weighted by molar-refractivity contribution is 5.77. The predicted octanol–water partition coefficient (Wildman–Crippen LogP) is 4.81. The van der Waals surface area contributed by atoms with Gasteiger partial charge in [0.05, 0.1) is 11.4 Å². The lowest BCUT2D eigenvalue weighted by Gasteiger charge is -2.12. The van der Waals surface area contributed by atoms with E-state index < -0.39 is 0 Å². The second kappa shape index (κ2) is 6.40. The Labute approximate surface area is 147 Å². The fourth-order valence-corrected chi connectivity index (χ4v) is 3.00. The maximum atomic E-state index is 4.80. The van der Waals surface area contributed by atoms with Crippen molar-refractivity contribution in [1.29, 1.82) is 0 Å². The van der Waals surface area contributed by atoms with Crippen LogP contribution >= 0.6 is 0 Å². The Hall–Kier alpha value is -3.14. The van der Waals surface area contributed by atoms with Crippen molar-refractivity contribution >= 4 is 5.82 Å². The third-order valence-corrected chi connectivity index (χ3v) is 4.36. The van der Waals surface area contributed by atoms with Gasteiger partial charge in [0.2, 0.25) is 0 Å². The molecule has 4 heteroatoms. The van der Waals surface area contributed by atoms with E-state index in [0.717, 1.165) is 40.8 Å². The molecule has 4 nitrogen and oxygen atoms in total. The van der Waals surface area contributed by atoms with Gasteiger partial charge in [-0.25, -0.2) is 9.97 Å². The van der Waals surface area contributed by atoms with Gasteiger partial charge in [-0.1, -0.05) is 54.6 Å². The molecule has 0 fully saturated rings. The zero-order valence-electron chi connectivity index (χ0n) is 14.4. The summed E-state index contributed by atoms with van der Waals surface area (Å²) in [6.07, 6.45) is 0. The molecule has 0 aliphatic carbocycles.